The van der Waals surface area contributed by atoms with E-state index in [1.807, 2.05) is 0 Å². The van der Waals surface area contributed by atoms with E-state index in [2.05, 4.69) is 26.0 Å². The van der Waals surface area contributed by atoms with Gasteiger partial charge >= 0.3 is 0 Å². The highest BCUT2D eigenvalue weighted by Crippen LogP contribution is 2.25. The second-order valence-electron chi connectivity index (χ2n) is 7.02. The number of hydrogen-bond donors (Lipinski definition) is 7. The van der Waals surface area contributed by atoms with E-state index in [0.29, 0.717) is 22.4 Å². The van der Waals surface area contributed by atoms with Crippen molar-refractivity contribution in [1.29, 1.82) is 0 Å². The first-order valence-electron chi connectivity index (χ1n) is 9.57. The molecule has 170 valence electrons. The molecule has 2 aromatic carbocycles. The van der Waals surface area contributed by atoms with E-state index >= 15 is 0 Å². The molecule has 1 heterocycles. The second-order valence-corrected chi connectivity index (χ2v) is 7.02. The molecule has 0 radical (unpaired) electrons. The summed E-state index contributed by atoms with van der Waals surface area (Å²) in [5.74, 6) is -2.32. The molecule has 0 bridgehead atoms. The summed E-state index contributed by atoms with van der Waals surface area (Å²) in [6.07, 6.45) is 2.57. The van der Waals surface area contributed by atoms with Crippen molar-refractivity contribution >= 4 is 24.2 Å². The molecule has 0 fully saturated rings. The third-order valence-corrected chi connectivity index (χ3v) is 4.65. The highest BCUT2D eigenvalue weighted by Gasteiger charge is 2.21. The van der Waals surface area contributed by atoms with Gasteiger partial charge < -0.3 is 25.4 Å². The molecule has 7 N–H and O–H groups in total. The minimum absolute atomic E-state index is 0.135. The fraction of sp³-hybridized carbons (Fsp3) is 0.0909. The number of nitrogens with zero attached hydrogens (tertiary/aromatic N) is 2. The first-order valence-corrected chi connectivity index (χ1v) is 9.57. The van der Waals surface area contributed by atoms with Gasteiger partial charge in [-0.25, -0.2) is 10.9 Å². The van der Waals surface area contributed by atoms with Crippen LogP contribution in [0.25, 0.3) is 0 Å². The minimum Gasteiger partial charge on any atom is -0.504 e. The molecule has 1 aromatic heterocycles. The van der Waals surface area contributed by atoms with Gasteiger partial charge in [0.25, 0.3) is 11.8 Å². The van der Waals surface area contributed by atoms with Crippen molar-refractivity contribution in [1.82, 2.24) is 15.8 Å². The topological polar surface area (TPSA) is 180 Å². The lowest BCUT2D eigenvalue weighted by Crippen LogP contribution is -2.21. The Morgan fingerprint density at radius 3 is 1.76 bits per heavy atom. The zero-order valence-corrected chi connectivity index (χ0v) is 17.6. The van der Waals surface area contributed by atoms with E-state index in [0.717, 1.165) is 0 Å². The summed E-state index contributed by atoms with van der Waals surface area (Å²) < 4.78 is 0. The maximum Gasteiger partial charge on any atom is 0.288 e. The number of aryl methyl sites for hydroxylation is 1. The standard InChI is InChI=1S/C22H21N5O6/c1-11-19(21(32)26-23-9-13-3-5-15(28)17(30)7-13)12(2)25-20(11)22(33)27-24-10-14-4-6-16(29)18(31)8-14/h3-10,25,28-31H,1-2H3,(H,26,32)(H,27,33). The Bertz CT molecular complexity index is 1280. The molecule has 11 nitrogen and oxygen atoms in total. The van der Waals surface area contributed by atoms with E-state index in [1.165, 1.54) is 48.8 Å². The molecule has 11 heteroatoms. The van der Waals surface area contributed by atoms with Crippen LogP contribution in [0.3, 0.4) is 0 Å². The fourth-order valence-corrected chi connectivity index (χ4v) is 3.00. The second kappa shape index (κ2) is 9.56. The summed E-state index contributed by atoms with van der Waals surface area (Å²) in [6.45, 7) is 3.22. The smallest absolute Gasteiger partial charge is 0.288 e. The van der Waals surface area contributed by atoms with Crippen molar-refractivity contribution in [2.45, 2.75) is 13.8 Å². The predicted molar refractivity (Wildman–Crippen MR) is 120 cm³/mol. The van der Waals surface area contributed by atoms with Gasteiger partial charge in [-0.05, 0) is 66.9 Å². The zero-order valence-electron chi connectivity index (χ0n) is 17.6. The molecule has 0 aliphatic carbocycles. The fourth-order valence-electron chi connectivity index (χ4n) is 3.00. The average Bonchev–Trinajstić information content (AvgIpc) is 3.07. The summed E-state index contributed by atoms with van der Waals surface area (Å²) >= 11 is 0. The van der Waals surface area contributed by atoms with Crippen LogP contribution in [-0.2, 0) is 0 Å². The number of nitrogens with one attached hydrogen (secondary N) is 3. The van der Waals surface area contributed by atoms with Crippen LogP contribution in [0.15, 0.2) is 46.6 Å². The highest BCUT2D eigenvalue weighted by molar-refractivity contribution is 6.03. The van der Waals surface area contributed by atoms with Crippen LogP contribution in [0.5, 0.6) is 23.0 Å². The number of aromatic nitrogens is 1. The Kier molecular flexibility index (Phi) is 6.63. The molecule has 0 atom stereocenters. The van der Waals surface area contributed by atoms with Gasteiger partial charge in [-0.15, -0.1) is 0 Å². The summed E-state index contributed by atoms with van der Waals surface area (Å²) in [5.41, 5.74) is 6.78. The van der Waals surface area contributed by atoms with Crippen molar-refractivity contribution in [3.05, 3.63) is 70.0 Å². The molecule has 0 aliphatic rings. The Morgan fingerprint density at radius 1 is 0.788 bits per heavy atom. The van der Waals surface area contributed by atoms with E-state index in [-0.39, 0.29) is 34.3 Å². The van der Waals surface area contributed by atoms with Crippen LogP contribution in [-0.4, -0.2) is 49.7 Å². The molecule has 0 spiro atoms. The third-order valence-electron chi connectivity index (χ3n) is 4.65. The number of phenolic OH excluding ortho intramolecular Hbond substituents is 4. The molecule has 2 amide bonds. The Balaban J connectivity index is 1.67. The minimum atomic E-state index is -0.586. The molecule has 33 heavy (non-hydrogen) atoms. The van der Waals surface area contributed by atoms with E-state index in [9.17, 15) is 30.0 Å². The number of amides is 2. The van der Waals surface area contributed by atoms with Crippen LogP contribution in [0, 0.1) is 13.8 Å². The molecular formula is C22H21N5O6. The Labute approximate surface area is 187 Å². The Morgan fingerprint density at radius 2 is 1.27 bits per heavy atom. The van der Waals surface area contributed by atoms with Crippen LogP contribution in [0.2, 0.25) is 0 Å². The number of hydrogen-bond acceptors (Lipinski definition) is 8. The lowest BCUT2D eigenvalue weighted by Gasteiger charge is -2.02. The van der Waals surface area contributed by atoms with Gasteiger partial charge in [0.15, 0.2) is 23.0 Å². The number of H-pyrrole nitrogens is 1. The van der Waals surface area contributed by atoms with E-state index in [1.54, 1.807) is 13.8 Å². The van der Waals surface area contributed by atoms with E-state index in [4.69, 9.17) is 0 Å². The monoisotopic (exact) mass is 451 g/mol. The van der Waals surface area contributed by atoms with Gasteiger partial charge in [0.1, 0.15) is 5.69 Å². The molecular weight excluding hydrogens is 430 g/mol. The lowest BCUT2D eigenvalue weighted by molar-refractivity contribution is 0.0948. The van der Waals surface area contributed by atoms with Gasteiger partial charge in [0.2, 0.25) is 0 Å². The van der Waals surface area contributed by atoms with Crippen molar-refractivity contribution in [2.75, 3.05) is 0 Å². The van der Waals surface area contributed by atoms with Crippen LogP contribution < -0.4 is 10.9 Å². The van der Waals surface area contributed by atoms with Gasteiger partial charge in [0, 0.05) is 5.69 Å². The lowest BCUT2D eigenvalue weighted by atomic mass is 10.1. The largest absolute Gasteiger partial charge is 0.504 e. The van der Waals surface area contributed by atoms with Crippen LogP contribution in [0.4, 0.5) is 0 Å². The Hall–Kier alpha value is -4.80. The summed E-state index contributed by atoms with van der Waals surface area (Å²) in [4.78, 5) is 27.9. The number of carbonyl (C=O) groups is 2. The average molecular weight is 451 g/mol. The van der Waals surface area contributed by atoms with Gasteiger partial charge in [-0.2, -0.15) is 10.2 Å². The summed E-state index contributed by atoms with van der Waals surface area (Å²) in [5, 5.41) is 45.2. The molecule has 0 saturated carbocycles. The van der Waals surface area contributed by atoms with Crippen LogP contribution in [0.1, 0.15) is 43.2 Å². The number of benzene rings is 2. The first kappa shape index (κ1) is 22.9. The number of aromatic hydroxyl groups is 4. The predicted octanol–water partition coefficient (Wildman–Crippen LogP) is 1.98. The van der Waals surface area contributed by atoms with Crippen molar-refractivity contribution in [2.24, 2.45) is 10.2 Å². The molecule has 0 aliphatic heterocycles. The van der Waals surface area contributed by atoms with Gasteiger partial charge in [0.05, 0.1) is 18.0 Å². The number of hydrazone groups is 2. The van der Waals surface area contributed by atoms with Crippen LogP contribution >= 0.6 is 0 Å². The summed E-state index contributed by atoms with van der Waals surface area (Å²) in [6, 6.07) is 8.13. The maximum absolute atomic E-state index is 12.6. The quantitative estimate of drug-likeness (QED) is 0.171. The molecule has 3 aromatic rings. The number of aromatic amines is 1. The SMILES string of the molecule is Cc1[nH]c(C(=O)NN=Cc2ccc(O)c(O)c2)c(C)c1C(=O)NN=Cc1ccc(O)c(O)c1. The number of carbonyl (C=O) groups excluding carboxylic acids is 2. The van der Waals surface area contributed by atoms with E-state index < -0.39 is 11.8 Å². The maximum atomic E-state index is 12.6. The normalized spacial score (nSPS) is 11.2. The zero-order chi connectivity index (χ0) is 24.1. The highest BCUT2D eigenvalue weighted by atomic mass is 16.3. The number of rotatable bonds is 6. The van der Waals surface area contributed by atoms with Crippen molar-refractivity contribution < 1.29 is 30.0 Å². The molecule has 0 saturated heterocycles. The van der Waals surface area contributed by atoms with Gasteiger partial charge in [-0.1, -0.05) is 0 Å². The van der Waals surface area contributed by atoms with Crippen molar-refractivity contribution in [3.63, 3.8) is 0 Å². The third kappa shape index (κ3) is 5.28. The molecule has 0 unspecified atom stereocenters. The van der Waals surface area contributed by atoms with Crippen molar-refractivity contribution in [3.8, 4) is 23.0 Å². The first-order chi connectivity index (χ1) is 15.7. The number of phenols is 4. The molecule has 3 rings (SSSR count). The van der Waals surface area contributed by atoms with Gasteiger partial charge in [-0.3, -0.25) is 9.59 Å². The summed E-state index contributed by atoms with van der Waals surface area (Å²) in [7, 11) is 0.